The van der Waals surface area contributed by atoms with E-state index in [1.165, 1.54) is 11.1 Å². The van der Waals surface area contributed by atoms with Gasteiger partial charge in [0.2, 0.25) is 0 Å². The lowest BCUT2D eigenvalue weighted by Gasteiger charge is -2.17. The SMILES string of the molecule is O=S(=O)(Cc1ccc2c(c1)CCNC2)c1ccccc1. The van der Waals surface area contributed by atoms with Crippen LogP contribution in [0.1, 0.15) is 16.7 Å². The molecule has 0 saturated heterocycles. The largest absolute Gasteiger partial charge is 0.312 e. The van der Waals surface area contributed by atoms with Gasteiger partial charge >= 0.3 is 0 Å². The van der Waals surface area contributed by atoms with E-state index in [0.717, 1.165) is 25.1 Å². The first kappa shape index (κ1) is 13.3. The maximum atomic E-state index is 12.4. The second-order valence-corrected chi connectivity index (χ2v) is 7.09. The monoisotopic (exact) mass is 287 g/mol. The molecule has 0 aromatic heterocycles. The zero-order chi connectivity index (χ0) is 14.0. The molecule has 0 spiro atoms. The van der Waals surface area contributed by atoms with Crippen LogP contribution in [0.25, 0.3) is 0 Å². The molecule has 0 saturated carbocycles. The Hall–Kier alpha value is -1.65. The first-order valence-electron chi connectivity index (χ1n) is 6.74. The third-order valence-electron chi connectivity index (χ3n) is 3.62. The molecule has 1 heterocycles. The molecule has 0 amide bonds. The molecule has 2 aromatic rings. The van der Waals surface area contributed by atoms with E-state index >= 15 is 0 Å². The van der Waals surface area contributed by atoms with Gasteiger partial charge in [-0.15, -0.1) is 0 Å². The first-order valence-corrected chi connectivity index (χ1v) is 8.39. The van der Waals surface area contributed by atoms with E-state index in [0.29, 0.717) is 4.90 Å². The molecule has 2 aromatic carbocycles. The van der Waals surface area contributed by atoms with Crippen LogP contribution in [0.3, 0.4) is 0 Å². The molecule has 104 valence electrons. The van der Waals surface area contributed by atoms with Crippen LogP contribution in [0.4, 0.5) is 0 Å². The van der Waals surface area contributed by atoms with Crippen LogP contribution in [0.5, 0.6) is 0 Å². The van der Waals surface area contributed by atoms with Gasteiger partial charge in [0.15, 0.2) is 9.84 Å². The summed E-state index contributed by atoms with van der Waals surface area (Å²) in [7, 11) is -3.26. The van der Waals surface area contributed by atoms with E-state index in [4.69, 9.17) is 0 Å². The van der Waals surface area contributed by atoms with Crippen molar-refractivity contribution in [1.82, 2.24) is 5.32 Å². The highest BCUT2D eigenvalue weighted by atomic mass is 32.2. The molecule has 0 atom stereocenters. The van der Waals surface area contributed by atoms with Crippen LogP contribution >= 0.6 is 0 Å². The Morgan fingerprint density at radius 3 is 2.60 bits per heavy atom. The molecule has 0 bridgehead atoms. The molecule has 0 unspecified atom stereocenters. The Bertz CT molecular complexity index is 709. The third kappa shape index (κ3) is 2.76. The Morgan fingerprint density at radius 2 is 1.80 bits per heavy atom. The van der Waals surface area contributed by atoms with Gasteiger partial charge in [0, 0.05) is 6.54 Å². The van der Waals surface area contributed by atoms with Gasteiger partial charge in [0.25, 0.3) is 0 Å². The van der Waals surface area contributed by atoms with Gasteiger partial charge in [-0.3, -0.25) is 0 Å². The zero-order valence-corrected chi connectivity index (χ0v) is 12.0. The summed E-state index contributed by atoms with van der Waals surface area (Å²) in [6.45, 7) is 1.84. The lowest BCUT2D eigenvalue weighted by molar-refractivity contribution is 0.595. The Balaban J connectivity index is 1.88. The van der Waals surface area contributed by atoms with Crippen molar-refractivity contribution in [1.29, 1.82) is 0 Å². The zero-order valence-electron chi connectivity index (χ0n) is 11.2. The van der Waals surface area contributed by atoms with Gasteiger partial charge in [0.05, 0.1) is 10.6 Å². The van der Waals surface area contributed by atoms with Gasteiger partial charge in [-0.2, -0.15) is 0 Å². The lowest BCUT2D eigenvalue weighted by Crippen LogP contribution is -2.23. The normalized spacial score (nSPS) is 14.8. The van der Waals surface area contributed by atoms with Crippen molar-refractivity contribution in [3.05, 3.63) is 65.2 Å². The fourth-order valence-corrected chi connectivity index (χ4v) is 3.91. The third-order valence-corrected chi connectivity index (χ3v) is 5.32. The molecule has 3 rings (SSSR count). The van der Waals surface area contributed by atoms with Crippen LogP contribution in [0, 0.1) is 0 Å². The molecule has 1 aliphatic rings. The quantitative estimate of drug-likeness (QED) is 0.942. The number of sulfone groups is 1. The van der Waals surface area contributed by atoms with Crippen molar-refractivity contribution in [2.24, 2.45) is 0 Å². The van der Waals surface area contributed by atoms with E-state index in [9.17, 15) is 8.42 Å². The van der Waals surface area contributed by atoms with Crippen LogP contribution in [0.15, 0.2) is 53.4 Å². The standard InChI is InChI=1S/C16H17NO2S/c18-20(19,16-4-2-1-3-5-16)12-13-6-7-15-11-17-9-8-14(15)10-13/h1-7,10,17H,8-9,11-12H2. The van der Waals surface area contributed by atoms with E-state index in [-0.39, 0.29) is 5.75 Å². The lowest BCUT2D eigenvalue weighted by atomic mass is 9.99. The highest BCUT2D eigenvalue weighted by molar-refractivity contribution is 7.90. The molecular weight excluding hydrogens is 270 g/mol. The van der Waals surface area contributed by atoms with Crippen LogP contribution < -0.4 is 5.32 Å². The van der Waals surface area contributed by atoms with E-state index in [1.807, 2.05) is 24.3 Å². The summed E-state index contributed by atoms with van der Waals surface area (Å²) in [6, 6.07) is 14.6. The maximum absolute atomic E-state index is 12.4. The van der Waals surface area contributed by atoms with E-state index in [2.05, 4.69) is 5.32 Å². The highest BCUT2D eigenvalue weighted by Gasteiger charge is 2.16. The second-order valence-electron chi connectivity index (χ2n) is 5.10. The fourth-order valence-electron chi connectivity index (χ4n) is 2.55. The van der Waals surface area contributed by atoms with Gasteiger partial charge < -0.3 is 5.32 Å². The smallest absolute Gasteiger partial charge is 0.182 e. The predicted octanol–water partition coefficient (Wildman–Crippen LogP) is 2.31. The molecule has 4 heteroatoms. The Labute approximate surface area is 119 Å². The molecular formula is C16H17NO2S. The van der Waals surface area contributed by atoms with Crippen molar-refractivity contribution in [2.45, 2.75) is 23.6 Å². The molecule has 20 heavy (non-hydrogen) atoms. The summed E-state index contributed by atoms with van der Waals surface area (Å²) < 4.78 is 24.7. The topological polar surface area (TPSA) is 46.2 Å². The summed E-state index contributed by atoms with van der Waals surface area (Å²) in [4.78, 5) is 0.388. The number of fused-ring (bicyclic) bond motifs is 1. The molecule has 3 nitrogen and oxygen atoms in total. The van der Waals surface area contributed by atoms with Crippen molar-refractivity contribution in [2.75, 3.05) is 6.54 Å². The molecule has 0 aliphatic carbocycles. The number of nitrogens with one attached hydrogen (secondary N) is 1. The molecule has 1 N–H and O–H groups in total. The van der Waals surface area contributed by atoms with E-state index < -0.39 is 9.84 Å². The van der Waals surface area contributed by atoms with Gasteiger partial charge in [-0.1, -0.05) is 36.4 Å². The van der Waals surface area contributed by atoms with E-state index in [1.54, 1.807) is 24.3 Å². The second kappa shape index (κ2) is 5.38. The van der Waals surface area contributed by atoms with Gasteiger partial charge in [-0.25, -0.2) is 8.42 Å². The van der Waals surface area contributed by atoms with Crippen molar-refractivity contribution in [3.8, 4) is 0 Å². The van der Waals surface area contributed by atoms with Crippen LogP contribution in [0.2, 0.25) is 0 Å². The van der Waals surface area contributed by atoms with Crippen molar-refractivity contribution in [3.63, 3.8) is 0 Å². The van der Waals surface area contributed by atoms with Gasteiger partial charge in [-0.05, 0) is 41.8 Å². The van der Waals surface area contributed by atoms with Crippen LogP contribution in [-0.2, 0) is 28.6 Å². The minimum Gasteiger partial charge on any atom is -0.312 e. The first-order chi connectivity index (χ1) is 9.65. The molecule has 0 fully saturated rings. The Morgan fingerprint density at radius 1 is 1.00 bits per heavy atom. The minimum atomic E-state index is -3.26. The average molecular weight is 287 g/mol. The summed E-state index contributed by atoms with van der Waals surface area (Å²) in [5.74, 6) is 0.0672. The molecule has 0 radical (unpaired) electrons. The number of hydrogen-bond donors (Lipinski definition) is 1. The summed E-state index contributed by atoms with van der Waals surface area (Å²) in [5, 5.41) is 3.32. The number of hydrogen-bond acceptors (Lipinski definition) is 3. The number of rotatable bonds is 3. The fraction of sp³-hybridized carbons (Fsp3) is 0.250. The number of benzene rings is 2. The Kier molecular flexibility index (Phi) is 3.59. The van der Waals surface area contributed by atoms with Crippen molar-refractivity contribution >= 4 is 9.84 Å². The average Bonchev–Trinajstić information content (AvgIpc) is 2.48. The highest BCUT2D eigenvalue weighted by Crippen LogP contribution is 2.20. The predicted molar refractivity (Wildman–Crippen MR) is 79.2 cm³/mol. The maximum Gasteiger partial charge on any atom is 0.182 e. The minimum absolute atomic E-state index is 0.0672. The summed E-state index contributed by atoms with van der Waals surface area (Å²) >= 11 is 0. The van der Waals surface area contributed by atoms with Gasteiger partial charge in [0.1, 0.15) is 0 Å². The summed E-state index contributed by atoms with van der Waals surface area (Å²) in [5.41, 5.74) is 3.41. The molecule has 1 aliphatic heterocycles. The van der Waals surface area contributed by atoms with Crippen LogP contribution in [-0.4, -0.2) is 15.0 Å². The van der Waals surface area contributed by atoms with Crippen molar-refractivity contribution < 1.29 is 8.42 Å². The summed E-state index contributed by atoms with van der Waals surface area (Å²) in [6.07, 6.45) is 0.967.